The highest BCUT2D eigenvalue weighted by atomic mass is 32.2. The summed E-state index contributed by atoms with van der Waals surface area (Å²) in [5.41, 5.74) is -0.769. The lowest BCUT2D eigenvalue weighted by molar-refractivity contribution is 0.133. The van der Waals surface area contributed by atoms with Gasteiger partial charge in [0.15, 0.2) is 0 Å². The fourth-order valence-electron chi connectivity index (χ4n) is 0.990. The van der Waals surface area contributed by atoms with Crippen molar-refractivity contribution in [2.75, 3.05) is 7.11 Å². The molecule has 0 atom stereocenters. The second kappa shape index (κ2) is 5.24. The lowest BCUT2D eigenvalue weighted by Gasteiger charge is -2.10. The molecule has 82 valence electrons. The maximum Gasteiger partial charge on any atom is 0.132 e. The molecule has 1 aromatic rings. The highest BCUT2D eigenvalue weighted by Gasteiger charge is 2.06. The summed E-state index contributed by atoms with van der Waals surface area (Å²) in [4.78, 5) is 1.04. The van der Waals surface area contributed by atoms with E-state index in [2.05, 4.69) is 0 Å². The van der Waals surface area contributed by atoms with Crippen LogP contribution in [0.25, 0.3) is 0 Å². The maximum absolute atomic E-state index is 9.49. The Bertz CT molecular complexity index is 340. The molecule has 1 N–H and O–H groups in total. The molecular formula is C12H16O2S. The Hall–Kier alpha value is -0.930. The van der Waals surface area contributed by atoms with E-state index in [1.54, 1.807) is 27.0 Å². The van der Waals surface area contributed by atoms with Crippen LogP contribution >= 0.6 is 11.8 Å². The summed E-state index contributed by atoms with van der Waals surface area (Å²) in [6.07, 6.45) is 1.75. The number of benzene rings is 1. The number of hydrogen-bond acceptors (Lipinski definition) is 3. The molecule has 0 aliphatic heterocycles. The Balaban J connectivity index is 2.69. The normalized spacial score (nSPS) is 12.0. The molecule has 1 aromatic carbocycles. The Labute approximate surface area is 95.0 Å². The highest BCUT2D eigenvalue weighted by Crippen LogP contribution is 2.29. The molecule has 0 spiro atoms. The van der Waals surface area contributed by atoms with E-state index in [0.717, 1.165) is 10.6 Å². The smallest absolute Gasteiger partial charge is 0.132 e. The monoisotopic (exact) mass is 224 g/mol. The van der Waals surface area contributed by atoms with Crippen molar-refractivity contribution in [1.29, 1.82) is 0 Å². The summed E-state index contributed by atoms with van der Waals surface area (Å²) < 4.78 is 5.21. The van der Waals surface area contributed by atoms with Crippen molar-refractivity contribution in [3.05, 3.63) is 35.7 Å². The van der Waals surface area contributed by atoms with Gasteiger partial charge in [0.05, 0.1) is 17.6 Å². The molecule has 0 heterocycles. The first-order valence-electron chi connectivity index (χ1n) is 4.73. The lowest BCUT2D eigenvalue weighted by atomic mass is 10.1. The summed E-state index contributed by atoms with van der Waals surface area (Å²) in [5, 5.41) is 11.4. The lowest BCUT2D eigenvalue weighted by Crippen LogP contribution is -2.13. The number of rotatable bonds is 4. The van der Waals surface area contributed by atoms with Crippen molar-refractivity contribution in [2.45, 2.75) is 24.3 Å². The van der Waals surface area contributed by atoms with Crippen LogP contribution in [0.2, 0.25) is 0 Å². The van der Waals surface area contributed by atoms with Gasteiger partial charge in [0.2, 0.25) is 0 Å². The number of hydrogen-bond donors (Lipinski definition) is 1. The quantitative estimate of drug-likeness (QED) is 0.797. The SMILES string of the molecule is COc1ccccc1S/C=C/C(C)(C)O. The molecule has 0 aliphatic carbocycles. The molecule has 3 heteroatoms. The summed E-state index contributed by atoms with van der Waals surface area (Å²) in [6, 6.07) is 7.80. The zero-order chi connectivity index (χ0) is 11.3. The molecule has 0 saturated heterocycles. The fraction of sp³-hybridized carbons (Fsp3) is 0.333. The topological polar surface area (TPSA) is 29.5 Å². The van der Waals surface area contributed by atoms with Crippen molar-refractivity contribution in [3.63, 3.8) is 0 Å². The molecule has 0 aliphatic rings. The van der Waals surface area contributed by atoms with Crippen LogP contribution in [0.15, 0.2) is 40.6 Å². The van der Waals surface area contributed by atoms with Gasteiger partial charge in [-0.15, -0.1) is 0 Å². The minimum Gasteiger partial charge on any atom is -0.496 e. The van der Waals surface area contributed by atoms with E-state index in [1.165, 1.54) is 11.8 Å². The second-order valence-corrected chi connectivity index (χ2v) is 4.67. The predicted octanol–water partition coefficient (Wildman–Crippen LogP) is 3.07. The van der Waals surface area contributed by atoms with Crippen molar-refractivity contribution >= 4 is 11.8 Å². The van der Waals surface area contributed by atoms with E-state index in [9.17, 15) is 5.11 Å². The van der Waals surface area contributed by atoms with Crippen LogP contribution in [0.3, 0.4) is 0 Å². The molecule has 15 heavy (non-hydrogen) atoms. The van der Waals surface area contributed by atoms with E-state index in [0.29, 0.717) is 0 Å². The molecule has 0 fully saturated rings. The average Bonchev–Trinajstić information content (AvgIpc) is 2.16. The molecule has 1 rings (SSSR count). The van der Waals surface area contributed by atoms with Crippen molar-refractivity contribution in [3.8, 4) is 5.75 Å². The fourth-order valence-corrected chi connectivity index (χ4v) is 1.96. The first kappa shape index (κ1) is 12.1. The van der Waals surface area contributed by atoms with Crippen LogP contribution < -0.4 is 4.74 Å². The van der Waals surface area contributed by atoms with Gasteiger partial charge >= 0.3 is 0 Å². The molecule has 0 bridgehead atoms. The largest absolute Gasteiger partial charge is 0.496 e. The van der Waals surface area contributed by atoms with Gasteiger partial charge in [0.25, 0.3) is 0 Å². The molecule has 2 nitrogen and oxygen atoms in total. The van der Waals surface area contributed by atoms with Crippen LogP contribution in [0.4, 0.5) is 0 Å². The van der Waals surface area contributed by atoms with E-state index in [4.69, 9.17) is 4.74 Å². The molecule has 0 saturated carbocycles. The summed E-state index contributed by atoms with van der Waals surface area (Å²) >= 11 is 1.53. The van der Waals surface area contributed by atoms with Crippen molar-refractivity contribution in [1.82, 2.24) is 0 Å². The Kier molecular flexibility index (Phi) is 4.24. The number of para-hydroxylation sites is 1. The second-order valence-electron chi connectivity index (χ2n) is 3.73. The van der Waals surface area contributed by atoms with E-state index >= 15 is 0 Å². The first-order chi connectivity index (χ1) is 7.03. The molecule has 0 radical (unpaired) electrons. The number of ether oxygens (including phenoxy) is 1. The van der Waals surface area contributed by atoms with E-state index in [1.807, 2.05) is 29.7 Å². The summed E-state index contributed by atoms with van der Waals surface area (Å²) in [6.45, 7) is 3.48. The Morgan fingerprint density at radius 2 is 2.00 bits per heavy atom. The van der Waals surface area contributed by atoms with Crippen LogP contribution in [0.5, 0.6) is 5.75 Å². The highest BCUT2D eigenvalue weighted by molar-refractivity contribution is 8.02. The average molecular weight is 224 g/mol. The third kappa shape index (κ3) is 4.40. The van der Waals surface area contributed by atoms with Crippen LogP contribution in [-0.4, -0.2) is 17.8 Å². The van der Waals surface area contributed by atoms with Gasteiger partial charge in [-0.05, 0) is 37.5 Å². The van der Waals surface area contributed by atoms with Gasteiger partial charge in [-0.3, -0.25) is 0 Å². The third-order valence-electron chi connectivity index (χ3n) is 1.74. The zero-order valence-corrected chi connectivity index (χ0v) is 10.0. The van der Waals surface area contributed by atoms with Crippen LogP contribution in [0, 0.1) is 0 Å². The van der Waals surface area contributed by atoms with Gasteiger partial charge in [-0.2, -0.15) is 0 Å². The Morgan fingerprint density at radius 1 is 1.33 bits per heavy atom. The minimum atomic E-state index is -0.769. The summed E-state index contributed by atoms with van der Waals surface area (Å²) in [5.74, 6) is 0.850. The van der Waals surface area contributed by atoms with E-state index in [-0.39, 0.29) is 0 Å². The van der Waals surface area contributed by atoms with Crippen LogP contribution in [0.1, 0.15) is 13.8 Å². The molecule has 0 aromatic heterocycles. The van der Waals surface area contributed by atoms with E-state index < -0.39 is 5.60 Å². The standard InChI is InChI=1S/C12H16O2S/c1-12(2,13)8-9-15-11-7-5-4-6-10(11)14-3/h4-9,13H,1-3H3/b9-8+. The van der Waals surface area contributed by atoms with Crippen molar-refractivity contribution in [2.24, 2.45) is 0 Å². The first-order valence-corrected chi connectivity index (χ1v) is 5.60. The maximum atomic E-state index is 9.49. The van der Waals surface area contributed by atoms with Gasteiger partial charge in [-0.1, -0.05) is 23.9 Å². The minimum absolute atomic E-state index is 0.769. The summed E-state index contributed by atoms with van der Waals surface area (Å²) in [7, 11) is 1.65. The van der Waals surface area contributed by atoms with Crippen molar-refractivity contribution < 1.29 is 9.84 Å². The molecular weight excluding hydrogens is 208 g/mol. The molecule has 0 unspecified atom stereocenters. The number of methoxy groups -OCH3 is 1. The molecule has 0 amide bonds. The van der Waals surface area contributed by atoms with Gasteiger partial charge in [0.1, 0.15) is 5.75 Å². The van der Waals surface area contributed by atoms with Gasteiger partial charge < -0.3 is 9.84 Å². The number of thioether (sulfide) groups is 1. The number of aliphatic hydroxyl groups is 1. The van der Waals surface area contributed by atoms with Gasteiger partial charge in [-0.25, -0.2) is 0 Å². The van der Waals surface area contributed by atoms with Gasteiger partial charge in [0, 0.05) is 0 Å². The van der Waals surface area contributed by atoms with Crippen LogP contribution in [-0.2, 0) is 0 Å². The predicted molar refractivity (Wildman–Crippen MR) is 64.3 cm³/mol. The Morgan fingerprint density at radius 3 is 2.60 bits per heavy atom. The third-order valence-corrected chi connectivity index (χ3v) is 2.60. The zero-order valence-electron chi connectivity index (χ0n) is 9.23.